The largest absolute Gasteiger partial charge is 0.371 e. The zero-order valence-electron chi connectivity index (χ0n) is 12.0. The summed E-state index contributed by atoms with van der Waals surface area (Å²) in [6.07, 6.45) is 3.18. The molecule has 1 unspecified atom stereocenters. The molecule has 0 radical (unpaired) electrons. The molecular weight excluding hydrogens is 248 g/mol. The van der Waals surface area contributed by atoms with Crippen LogP contribution in [0.3, 0.4) is 0 Å². The van der Waals surface area contributed by atoms with Crippen LogP contribution in [-0.4, -0.2) is 29.8 Å². The van der Waals surface area contributed by atoms with Gasteiger partial charge in [0.25, 0.3) is 0 Å². The van der Waals surface area contributed by atoms with Gasteiger partial charge in [0, 0.05) is 43.1 Å². The van der Waals surface area contributed by atoms with E-state index in [1.54, 1.807) is 0 Å². The van der Waals surface area contributed by atoms with Crippen LogP contribution in [-0.2, 0) is 6.54 Å². The van der Waals surface area contributed by atoms with Crippen LogP contribution in [0, 0.1) is 12.8 Å². The average molecular weight is 270 g/mol. The number of benzene rings is 1. The molecule has 1 aromatic carbocycles. The molecule has 0 spiro atoms. The molecule has 2 heterocycles. The lowest BCUT2D eigenvalue weighted by Gasteiger charge is -2.18. The normalized spacial score (nSPS) is 18.6. The first-order valence-electron chi connectivity index (χ1n) is 7.32. The summed E-state index contributed by atoms with van der Waals surface area (Å²) in [5, 5.41) is 10.6. The second-order valence-corrected chi connectivity index (χ2v) is 5.59. The zero-order chi connectivity index (χ0) is 13.8. The van der Waals surface area contributed by atoms with Gasteiger partial charge >= 0.3 is 0 Å². The quantitative estimate of drug-likeness (QED) is 0.876. The van der Waals surface area contributed by atoms with Crippen molar-refractivity contribution in [1.82, 2.24) is 15.5 Å². The van der Waals surface area contributed by atoms with E-state index in [2.05, 4.69) is 57.7 Å². The van der Waals surface area contributed by atoms with E-state index in [-0.39, 0.29) is 0 Å². The highest BCUT2D eigenvalue weighted by Crippen LogP contribution is 2.22. The Morgan fingerprint density at radius 3 is 2.95 bits per heavy atom. The molecule has 1 atom stereocenters. The monoisotopic (exact) mass is 270 g/mol. The highest BCUT2D eigenvalue weighted by Gasteiger charge is 2.22. The standard InChI is InChI=1S/C16H22N4/c1-13-15(11-18-19-13)10-17-9-14-7-8-20(12-14)16-5-3-2-4-6-16/h2-6,11,14,17H,7-10,12H2,1H3,(H,18,19). The lowest BCUT2D eigenvalue weighted by Crippen LogP contribution is -2.26. The maximum absolute atomic E-state index is 4.05. The van der Waals surface area contributed by atoms with Crippen LogP contribution in [0.25, 0.3) is 0 Å². The minimum atomic E-state index is 0.738. The van der Waals surface area contributed by atoms with Gasteiger partial charge in [0.15, 0.2) is 0 Å². The Bertz CT molecular complexity index is 534. The number of aromatic amines is 1. The molecule has 1 aromatic heterocycles. The summed E-state index contributed by atoms with van der Waals surface area (Å²) in [5.41, 5.74) is 3.78. The highest BCUT2D eigenvalue weighted by molar-refractivity contribution is 5.46. The van der Waals surface area contributed by atoms with E-state index in [1.165, 1.54) is 24.2 Å². The fraction of sp³-hybridized carbons (Fsp3) is 0.438. The SMILES string of the molecule is Cc1[nH]ncc1CNCC1CCN(c2ccccc2)C1. The number of hydrogen-bond acceptors (Lipinski definition) is 3. The van der Waals surface area contributed by atoms with Gasteiger partial charge in [-0.3, -0.25) is 5.10 Å². The minimum absolute atomic E-state index is 0.738. The van der Waals surface area contributed by atoms with Crippen LogP contribution in [0.1, 0.15) is 17.7 Å². The summed E-state index contributed by atoms with van der Waals surface area (Å²) in [5.74, 6) is 0.738. The molecule has 0 aliphatic carbocycles. The summed E-state index contributed by atoms with van der Waals surface area (Å²) in [4.78, 5) is 2.48. The molecular formula is C16H22N4. The molecule has 3 rings (SSSR count). The molecule has 4 heteroatoms. The fourth-order valence-electron chi connectivity index (χ4n) is 2.84. The van der Waals surface area contributed by atoms with Crippen LogP contribution in [0.5, 0.6) is 0 Å². The molecule has 2 aromatic rings. The van der Waals surface area contributed by atoms with Gasteiger partial charge in [-0.1, -0.05) is 18.2 Å². The Morgan fingerprint density at radius 2 is 2.20 bits per heavy atom. The van der Waals surface area contributed by atoms with Gasteiger partial charge in [-0.25, -0.2) is 0 Å². The van der Waals surface area contributed by atoms with E-state index in [0.29, 0.717) is 0 Å². The Labute approximate surface area is 120 Å². The van der Waals surface area contributed by atoms with Crippen molar-refractivity contribution in [2.24, 2.45) is 5.92 Å². The topological polar surface area (TPSA) is 44.0 Å². The molecule has 2 N–H and O–H groups in total. The van der Waals surface area contributed by atoms with Gasteiger partial charge in [0.1, 0.15) is 0 Å². The van der Waals surface area contributed by atoms with Gasteiger partial charge in [0.2, 0.25) is 0 Å². The molecule has 0 bridgehead atoms. The van der Waals surface area contributed by atoms with Crippen LogP contribution >= 0.6 is 0 Å². The summed E-state index contributed by atoms with van der Waals surface area (Å²) in [6.45, 7) is 6.37. The molecule has 0 saturated carbocycles. The predicted molar refractivity (Wildman–Crippen MR) is 81.8 cm³/mol. The molecule has 1 fully saturated rings. The first-order chi connectivity index (χ1) is 9.83. The van der Waals surface area contributed by atoms with E-state index >= 15 is 0 Å². The average Bonchev–Trinajstić information content (AvgIpc) is 3.10. The van der Waals surface area contributed by atoms with Crippen molar-refractivity contribution in [3.8, 4) is 0 Å². The second-order valence-electron chi connectivity index (χ2n) is 5.59. The Morgan fingerprint density at radius 1 is 1.35 bits per heavy atom. The van der Waals surface area contributed by atoms with Crippen molar-refractivity contribution in [3.05, 3.63) is 47.8 Å². The molecule has 1 aliphatic rings. The van der Waals surface area contributed by atoms with Crippen molar-refractivity contribution in [2.75, 3.05) is 24.5 Å². The van der Waals surface area contributed by atoms with Crippen LogP contribution < -0.4 is 10.2 Å². The van der Waals surface area contributed by atoms with E-state index < -0.39 is 0 Å². The van der Waals surface area contributed by atoms with Gasteiger partial charge < -0.3 is 10.2 Å². The Kier molecular flexibility index (Phi) is 4.02. The highest BCUT2D eigenvalue weighted by atomic mass is 15.2. The Hall–Kier alpha value is -1.81. The number of H-pyrrole nitrogens is 1. The van der Waals surface area contributed by atoms with Crippen molar-refractivity contribution in [3.63, 3.8) is 0 Å². The third-order valence-electron chi connectivity index (χ3n) is 4.09. The van der Waals surface area contributed by atoms with E-state index in [0.717, 1.165) is 31.2 Å². The van der Waals surface area contributed by atoms with Gasteiger partial charge in [-0.2, -0.15) is 5.10 Å². The molecule has 1 saturated heterocycles. The summed E-state index contributed by atoms with van der Waals surface area (Å²) < 4.78 is 0. The Balaban J connectivity index is 1.45. The number of nitrogens with one attached hydrogen (secondary N) is 2. The van der Waals surface area contributed by atoms with Crippen molar-refractivity contribution in [2.45, 2.75) is 19.9 Å². The predicted octanol–water partition coefficient (Wildman–Crippen LogP) is 2.33. The van der Waals surface area contributed by atoms with Gasteiger partial charge in [-0.05, 0) is 31.4 Å². The van der Waals surface area contributed by atoms with E-state index in [9.17, 15) is 0 Å². The first-order valence-corrected chi connectivity index (χ1v) is 7.32. The molecule has 20 heavy (non-hydrogen) atoms. The third-order valence-corrected chi connectivity index (χ3v) is 4.09. The van der Waals surface area contributed by atoms with E-state index in [1.807, 2.05) is 6.20 Å². The second kappa shape index (κ2) is 6.09. The lowest BCUT2D eigenvalue weighted by molar-refractivity contribution is 0.516. The molecule has 0 amide bonds. The number of rotatable bonds is 5. The number of para-hydroxylation sites is 1. The number of aryl methyl sites for hydroxylation is 1. The van der Waals surface area contributed by atoms with Gasteiger partial charge in [-0.15, -0.1) is 0 Å². The summed E-state index contributed by atoms with van der Waals surface area (Å²) in [6, 6.07) is 10.7. The third kappa shape index (κ3) is 3.02. The lowest BCUT2D eigenvalue weighted by atomic mass is 10.1. The fourth-order valence-corrected chi connectivity index (χ4v) is 2.84. The molecule has 4 nitrogen and oxygen atoms in total. The summed E-state index contributed by atoms with van der Waals surface area (Å²) >= 11 is 0. The summed E-state index contributed by atoms with van der Waals surface area (Å²) in [7, 11) is 0. The van der Waals surface area contributed by atoms with Crippen molar-refractivity contribution in [1.29, 1.82) is 0 Å². The number of aromatic nitrogens is 2. The first kappa shape index (κ1) is 13.2. The van der Waals surface area contributed by atoms with Crippen LogP contribution in [0.15, 0.2) is 36.5 Å². The number of nitrogens with zero attached hydrogens (tertiary/aromatic N) is 2. The molecule has 106 valence electrons. The minimum Gasteiger partial charge on any atom is -0.371 e. The van der Waals surface area contributed by atoms with Gasteiger partial charge in [0.05, 0.1) is 6.20 Å². The maximum Gasteiger partial charge on any atom is 0.0535 e. The zero-order valence-corrected chi connectivity index (χ0v) is 12.0. The van der Waals surface area contributed by atoms with Crippen molar-refractivity contribution < 1.29 is 0 Å². The maximum atomic E-state index is 4.05. The number of hydrogen-bond donors (Lipinski definition) is 2. The van der Waals surface area contributed by atoms with Crippen molar-refractivity contribution >= 4 is 5.69 Å². The smallest absolute Gasteiger partial charge is 0.0535 e. The number of anilines is 1. The van der Waals surface area contributed by atoms with Crippen LogP contribution in [0.4, 0.5) is 5.69 Å². The van der Waals surface area contributed by atoms with Crippen LogP contribution in [0.2, 0.25) is 0 Å². The van der Waals surface area contributed by atoms with E-state index in [4.69, 9.17) is 0 Å². The molecule has 1 aliphatic heterocycles.